The highest BCUT2D eigenvalue weighted by Gasteiger charge is 2.19. The summed E-state index contributed by atoms with van der Waals surface area (Å²) in [6.07, 6.45) is 6.95. The molecule has 0 spiro atoms. The first-order chi connectivity index (χ1) is 11.6. The summed E-state index contributed by atoms with van der Waals surface area (Å²) in [6, 6.07) is 3.34. The molecule has 4 rings (SSSR count). The molecule has 1 aliphatic heterocycles. The molecule has 0 unspecified atom stereocenters. The van der Waals surface area contributed by atoms with Crippen molar-refractivity contribution in [2.75, 3.05) is 7.05 Å². The first-order valence-electron chi connectivity index (χ1n) is 7.99. The quantitative estimate of drug-likeness (QED) is 0.772. The third kappa shape index (κ3) is 2.40. The molecule has 8 nitrogen and oxygen atoms in total. The average Bonchev–Trinajstić information content (AvgIpc) is 3.17. The highest BCUT2D eigenvalue weighted by Crippen LogP contribution is 2.16. The minimum atomic E-state index is -0.357. The summed E-state index contributed by atoms with van der Waals surface area (Å²) in [5.74, 6) is 0.906. The molecule has 3 aromatic heterocycles. The Morgan fingerprint density at radius 3 is 3.12 bits per heavy atom. The number of nitrogens with one attached hydrogen (secondary N) is 1. The summed E-state index contributed by atoms with van der Waals surface area (Å²) in [6.45, 7) is 1.42. The van der Waals surface area contributed by atoms with Crippen LogP contribution in [0.25, 0.3) is 5.65 Å². The summed E-state index contributed by atoms with van der Waals surface area (Å²) in [4.78, 5) is 30.6. The van der Waals surface area contributed by atoms with Crippen LogP contribution >= 0.6 is 0 Å². The first-order valence-corrected chi connectivity index (χ1v) is 7.99. The number of imidazole rings is 1. The lowest BCUT2D eigenvalue weighted by Crippen LogP contribution is -2.27. The maximum absolute atomic E-state index is 12.7. The van der Waals surface area contributed by atoms with Crippen LogP contribution in [-0.4, -0.2) is 42.0 Å². The van der Waals surface area contributed by atoms with Gasteiger partial charge in [-0.15, -0.1) is 0 Å². The van der Waals surface area contributed by atoms with E-state index in [9.17, 15) is 9.59 Å². The molecule has 124 valence electrons. The van der Waals surface area contributed by atoms with Crippen LogP contribution in [0.4, 0.5) is 0 Å². The van der Waals surface area contributed by atoms with Gasteiger partial charge >= 0.3 is 5.69 Å². The number of aromatic amines is 1. The average molecular weight is 326 g/mol. The van der Waals surface area contributed by atoms with Crippen molar-refractivity contribution in [2.45, 2.75) is 32.4 Å². The molecule has 3 aromatic rings. The number of aromatic nitrogens is 5. The van der Waals surface area contributed by atoms with E-state index in [2.05, 4.69) is 19.7 Å². The summed E-state index contributed by atoms with van der Waals surface area (Å²) in [5.41, 5.74) is 1.25. The molecule has 1 amide bonds. The minimum absolute atomic E-state index is 0.189. The predicted molar refractivity (Wildman–Crippen MR) is 86.8 cm³/mol. The van der Waals surface area contributed by atoms with Crippen LogP contribution in [0.1, 0.15) is 34.7 Å². The molecule has 0 radical (unpaired) electrons. The number of H-pyrrole nitrogens is 1. The Kier molecular flexibility index (Phi) is 3.44. The highest BCUT2D eigenvalue weighted by atomic mass is 16.2. The Labute approximate surface area is 137 Å². The molecule has 8 heteroatoms. The normalized spacial score (nSPS) is 13.9. The van der Waals surface area contributed by atoms with Crippen molar-refractivity contribution in [1.29, 1.82) is 0 Å². The summed E-state index contributed by atoms with van der Waals surface area (Å²) >= 11 is 0. The SMILES string of the molecule is CN(Cc1cn2c(n1)CCCC2)C(=O)c1cccn2c(=O)[nH]nc12. The van der Waals surface area contributed by atoms with Crippen LogP contribution in [0.2, 0.25) is 0 Å². The lowest BCUT2D eigenvalue weighted by atomic mass is 10.2. The van der Waals surface area contributed by atoms with Crippen LogP contribution in [0.3, 0.4) is 0 Å². The number of nitrogens with zero attached hydrogens (tertiary/aromatic N) is 5. The number of amides is 1. The third-order valence-electron chi connectivity index (χ3n) is 4.38. The Bertz CT molecular complexity index is 943. The Morgan fingerprint density at radius 2 is 2.29 bits per heavy atom. The van der Waals surface area contributed by atoms with Crippen molar-refractivity contribution >= 4 is 11.6 Å². The molecule has 24 heavy (non-hydrogen) atoms. The molecular formula is C16H18N6O2. The monoisotopic (exact) mass is 326 g/mol. The van der Waals surface area contributed by atoms with E-state index in [4.69, 9.17) is 0 Å². The zero-order valence-electron chi connectivity index (χ0n) is 13.4. The van der Waals surface area contributed by atoms with Crippen LogP contribution in [0.5, 0.6) is 0 Å². The van der Waals surface area contributed by atoms with E-state index >= 15 is 0 Å². The maximum Gasteiger partial charge on any atom is 0.347 e. The highest BCUT2D eigenvalue weighted by molar-refractivity contribution is 5.99. The second-order valence-corrected chi connectivity index (χ2v) is 6.10. The van der Waals surface area contributed by atoms with E-state index in [0.717, 1.165) is 24.5 Å². The fraction of sp³-hybridized carbons (Fsp3) is 0.375. The number of hydrogen-bond donors (Lipinski definition) is 1. The van der Waals surface area contributed by atoms with Gasteiger partial charge < -0.3 is 9.47 Å². The number of fused-ring (bicyclic) bond motifs is 2. The smallest absolute Gasteiger partial charge is 0.336 e. The third-order valence-corrected chi connectivity index (χ3v) is 4.38. The van der Waals surface area contributed by atoms with Gasteiger partial charge in [0.05, 0.1) is 17.8 Å². The van der Waals surface area contributed by atoms with Gasteiger partial charge in [0.15, 0.2) is 5.65 Å². The molecule has 0 aromatic carbocycles. The van der Waals surface area contributed by atoms with E-state index in [1.165, 1.54) is 17.2 Å². The summed E-state index contributed by atoms with van der Waals surface area (Å²) in [5, 5.41) is 6.30. The lowest BCUT2D eigenvalue weighted by Gasteiger charge is -2.16. The van der Waals surface area contributed by atoms with Gasteiger partial charge in [0.25, 0.3) is 5.91 Å². The van der Waals surface area contributed by atoms with Crippen molar-refractivity contribution in [2.24, 2.45) is 0 Å². The topological polar surface area (TPSA) is 88.3 Å². The van der Waals surface area contributed by atoms with Gasteiger partial charge in [0.1, 0.15) is 5.82 Å². The van der Waals surface area contributed by atoms with Crippen LogP contribution in [0.15, 0.2) is 29.3 Å². The number of aryl methyl sites for hydroxylation is 2. The van der Waals surface area contributed by atoms with Crippen molar-refractivity contribution < 1.29 is 4.79 Å². The van der Waals surface area contributed by atoms with Gasteiger partial charge in [-0.3, -0.25) is 4.79 Å². The van der Waals surface area contributed by atoms with Crippen molar-refractivity contribution in [3.8, 4) is 0 Å². The zero-order chi connectivity index (χ0) is 16.7. The van der Waals surface area contributed by atoms with Crippen molar-refractivity contribution in [3.63, 3.8) is 0 Å². The molecule has 0 saturated heterocycles. The first kappa shape index (κ1) is 14.7. The van der Waals surface area contributed by atoms with Crippen LogP contribution in [-0.2, 0) is 19.5 Å². The van der Waals surface area contributed by atoms with Gasteiger partial charge in [-0.1, -0.05) is 0 Å². The maximum atomic E-state index is 12.7. The fourth-order valence-electron chi connectivity index (χ4n) is 3.17. The predicted octanol–water partition coefficient (Wildman–Crippen LogP) is 0.828. The molecule has 0 aliphatic carbocycles. The molecule has 1 N–H and O–H groups in total. The molecule has 0 saturated carbocycles. The van der Waals surface area contributed by atoms with E-state index < -0.39 is 0 Å². The van der Waals surface area contributed by atoms with E-state index in [1.807, 2.05) is 6.20 Å². The van der Waals surface area contributed by atoms with Crippen molar-refractivity contribution in [3.05, 3.63) is 52.1 Å². The Balaban J connectivity index is 1.59. The van der Waals surface area contributed by atoms with Crippen LogP contribution in [0, 0.1) is 0 Å². The zero-order valence-corrected chi connectivity index (χ0v) is 13.4. The van der Waals surface area contributed by atoms with Gasteiger partial charge in [-0.05, 0) is 25.0 Å². The standard InChI is InChI=1S/C16H18N6O2/c1-20(9-11-10-21-7-3-2-6-13(21)17-11)15(23)12-5-4-8-22-14(12)18-19-16(22)24/h4-5,8,10H,2-3,6-7,9H2,1H3,(H,19,24). The lowest BCUT2D eigenvalue weighted by molar-refractivity contribution is 0.0785. The molecule has 0 fully saturated rings. The fourth-order valence-corrected chi connectivity index (χ4v) is 3.17. The molecular weight excluding hydrogens is 308 g/mol. The van der Waals surface area contributed by atoms with Crippen LogP contribution < -0.4 is 5.69 Å². The Hall–Kier alpha value is -2.90. The second kappa shape index (κ2) is 5.63. The number of rotatable bonds is 3. The molecule has 1 aliphatic rings. The number of carbonyl (C=O) groups excluding carboxylic acids is 1. The van der Waals surface area contributed by atoms with E-state index in [0.29, 0.717) is 17.8 Å². The minimum Gasteiger partial charge on any atom is -0.336 e. The molecule has 0 atom stereocenters. The second-order valence-electron chi connectivity index (χ2n) is 6.10. The Morgan fingerprint density at radius 1 is 1.42 bits per heavy atom. The van der Waals surface area contributed by atoms with Crippen molar-refractivity contribution in [1.82, 2.24) is 29.0 Å². The largest absolute Gasteiger partial charge is 0.347 e. The summed E-state index contributed by atoms with van der Waals surface area (Å²) < 4.78 is 3.50. The van der Waals surface area contributed by atoms with E-state index in [1.54, 1.807) is 30.3 Å². The van der Waals surface area contributed by atoms with Gasteiger partial charge in [-0.2, -0.15) is 5.10 Å². The molecule has 4 heterocycles. The van der Waals surface area contributed by atoms with Gasteiger partial charge in [0, 0.05) is 32.4 Å². The number of hydrogen-bond acceptors (Lipinski definition) is 4. The van der Waals surface area contributed by atoms with E-state index in [-0.39, 0.29) is 11.6 Å². The summed E-state index contributed by atoms with van der Waals surface area (Å²) in [7, 11) is 1.73. The van der Waals surface area contributed by atoms with Gasteiger partial charge in [0.2, 0.25) is 0 Å². The number of carbonyl (C=O) groups is 1. The van der Waals surface area contributed by atoms with Gasteiger partial charge in [-0.25, -0.2) is 19.3 Å². The molecule has 0 bridgehead atoms. The number of pyridine rings is 1.